The van der Waals surface area contributed by atoms with Crippen LogP contribution < -0.4 is 14.8 Å². The largest absolute Gasteiger partial charge is 0.454 e. The van der Waals surface area contributed by atoms with E-state index in [2.05, 4.69) is 12.2 Å². The van der Waals surface area contributed by atoms with Gasteiger partial charge in [0.1, 0.15) is 0 Å². The fraction of sp³-hybridized carbons (Fsp3) is 0.600. The van der Waals surface area contributed by atoms with Crippen LogP contribution in [-0.4, -0.2) is 13.3 Å². The highest BCUT2D eigenvalue weighted by atomic mass is 35.5. The molecule has 2 unspecified atom stereocenters. The van der Waals surface area contributed by atoms with E-state index in [1.54, 1.807) is 0 Å². The van der Waals surface area contributed by atoms with E-state index < -0.39 is 0 Å². The van der Waals surface area contributed by atoms with E-state index in [0.717, 1.165) is 36.2 Å². The molecule has 0 spiro atoms. The van der Waals surface area contributed by atoms with Gasteiger partial charge in [-0.1, -0.05) is 24.9 Å². The van der Waals surface area contributed by atoms with Crippen LogP contribution in [-0.2, 0) is 6.54 Å². The third-order valence-corrected chi connectivity index (χ3v) is 4.33. The van der Waals surface area contributed by atoms with Crippen LogP contribution in [0.2, 0.25) is 5.02 Å². The van der Waals surface area contributed by atoms with Crippen LogP contribution in [0.25, 0.3) is 0 Å². The van der Waals surface area contributed by atoms with Crippen molar-refractivity contribution in [3.05, 3.63) is 22.7 Å². The molecule has 3 nitrogen and oxygen atoms in total. The molecule has 2 aliphatic rings. The maximum Gasteiger partial charge on any atom is 0.231 e. The van der Waals surface area contributed by atoms with Crippen LogP contribution in [0, 0.1) is 11.8 Å². The Kier molecular flexibility index (Phi) is 3.85. The lowest BCUT2D eigenvalue weighted by molar-refractivity contribution is 0.174. The Morgan fingerprint density at radius 2 is 2.21 bits per heavy atom. The first kappa shape index (κ1) is 13.1. The molecule has 0 saturated heterocycles. The summed E-state index contributed by atoms with van der Waals surface area (Å²) in [7, 11) is 0. The van der Waals surface area contributed by atoms with E-state index >= 15 is 0 Å². The summed E-state index contributed by atoms with van der Waals surface area (Å²) in [6.45, 7) is 4.54. The third-order valence-electron chi connectivity index (χ3n) is 4.05. The van der Waals surface area contributed by atoms with E-state index in [-0.39, 0.29) is 6.79 Å². The predicted molar refractivity (Wildman–Crippen MR) is 75.8 cm³/mol. The van der Waals surface area contributed by atoms with Gasteiger partial charge >= 0.3 is 0 Å². The Bertz CT molecular complexity index is 464. The minimum Gasteiger partial charge on any atom is -0.454 e. The van der Waals surface area contributed by atoms with Crippen LogP contribution in [0.3, 0.4) is 0 Å². The van der Waals surface area contributed by atoms with Gasteiger partial charge in [0.25, 0.3) is 0 Å². The van der Waals surface area contributed by atoms with Crippen molar-refractivity contribution in [3.63, 3.8) is 0 Å². The van der Waals surface area contributed by atoms with Crippen LogP contribution in [0.15, 0.2) is 12.1 Å². The van der Waals surface area contributed by atoms with E-state index in [1.807, 2.05) is 12.1 Å². The predicted octanol–water partition coefficient (Wildman–Crippen LogP) is 3.59. The monoisotopic (exact) mass is 281 g/mol. The number of nitrogens with one attached hydrogen (secondary N) is 1. The summed E-state index contributed by atoms with van der Waals surface area (Å²) in [5, 5.41) is 4.17. The molecule has 0 amide bonds. The van der Waals surface area contributed by atoms with Crippen LogP contribution in [0.5, 0.6) is 11.5 Å². The van der Waals surface area contributed by atoms with E-state index in [0.29, 0.717) is 10.8 Å². The lowest BCUT2D eigenvalue weighted by Gasteiger charge is -2.11. The van der Waals surface area contributed by atoms with Crippen molar-refractivity contribution >= 4 is 11.6 Å². The van der Waals surface area contributed by atoms with Gasteiger partial charge in [0.15, 0.2) is 11.5 Å². The molecular weight excluding hydrogens is 262 g/mol. The second kappa shape index (κ2) is 5.59. The summed E-state index contributed by atoms with van der Waals surface area (Å²) in [6, 6.07) is 3.97. The van der Waals surface area contributed by atoms with E-state index in [9.17, 15) is 0 Å². The van der Waals surface area contributed by atoms with Crippen molar-refractivity contribution < 1.29 is 9.47 Å². The fourth-order valence-corrected chi connectivity index (χ4v) is 3.34. The lowest BCUT2D eigenvalue weighted by Crippen LogP contribution is -2.20. The topological polar surface area (TPSA) is 30.5 Å². The van der Waals surface area contributed by atoms with Crippen molar-refractivity contribution in [3.8, 4) is 11.5 Å². The summed E-state index contributed by atoms with van der Waals surface area (Å²) < 4.78 is 10.7. The highest BCUT2D eigenvalue weighted by Gasteiger charge is 2.21. The van der Waals surface area contributed by atoms with E-state index in [1.165, 1.54) is 19.3 Å². The molecule has 0 bridgehead atoms. The zero-order valence-electron chi connectivity index (χ0n) is 11.2. The van der Waals surface area contributed by atoms with Gasteiger partial charge in [-0.25, -0.2) is 0 Å². The average molecular weight is 282 g/mol. The molecule has 19 heavy (non-hydrogen) atoms. The van der Waals surface area contributed by atoms with Gasteiger partial charge in [0.2, 0.25) is 6.79 Å². The summed E-state index contributed by atoms with van der Waals surface area (Å²) >= 11 is 6.17. The summed E-state index contributed by atoms with van der Waals surface area (Å²) in [6.07, 6.45) is 4.09. The Labute approximate surface area is 119 Å². The highest BCUT2D eigenvalue weighted by molar-refractivity contribution is 6.32. The maximum absolute atomic E-state index is 6.17. The minimum absolute atomic E-state index is 0.270. The Morgan fingerprint density at radius 3 is 3.00 bits per heavy atom. The van der Waals surface area contributed by atoms with Crippen molar-refractivity contribution in [1.29, 1.82) is 0 Å². The first-order chi connectivity index (χ1) is 9.22. The van der Waals surface area contributed by atoms with Gasteiger partial charge in [0, 0.05) is 6.54 Å². The molecule has 1 aromatic rings. The normalized spacial score (nSPS) is 24.9. The van der Waals surface area contributed by atoms with Crippen LogP contribution in [0.4, 0.5) is 0 Å². The number of hydrogen-bond acceptors (Lipinski definition) is 3. The van der Waals surface area contributed by atoms with Gasteiger partial charge in [-0.15, -0.1) is 0 Å². The van der Waals surface area contributed by atoms with Gasteiger partial charge in [0.05, 0.1) is 5.02 Å². The molecule has 1 fully saturated rings. The van der Waals surface area contributed by atoms with Gasteiger partial charge in [-0.2, -0.15) is 0 Å². The number of ether oxygens (including phenoxy) is 2. The molecule has 2 atom stereocenters. The molecule has 1 saturated carbocycles. The molecule has 1 heterocycles. The summed E-state index contributed by atoms with van der Waals surface area (Å²) in [5.74, 6) is 3.17. The molecule has 0 aromatic heterocycles. The number of fused-ring (bicyclic) bond motifs is 1. The molecule has 1 aliphatic carbocycles. The average Bonchev–Trinajstić information content (AvgIpc) is 2.98. The zero-order valence-corrected chi connectivity index (χ0v) is 12.0. The number of benzene rings is 1. The van der Waals surface area contributed by atoms with Crippen molar-refractivity contribution in [2.24, 2.45) is 11.8 Å². The highest BCUT2D eigenvalue weighted by Crippen LogP contribution is 2.39. The van der Waals surface area contributed by atoms with Crippen LogP contribution in [0.1, 0.15) is 31.7 Å². The summed E-state index contributed by atoms with van der Waals surface area (Å²) in [5.41, 5.74) is 1.15. The standard InChI is InChI=1S/C15H20ClNO2/c1-10-2-3-11(4-10)7-17-8-12-5-13(16)15-14(6-12)18-9-19-15/h5-6,10-11,17H,2-4,7-9H2,1H3. The molecule has 3 rings (SSSR count). The second-order valence-electron chi connectivity index (χ2n) is 5.73. The smallest absolute Gasteiger partial charge is 0.231 e. The van der Waals surface area contributed by atoms with Gasteiger partial charge in [-0.05, 0) is 48.9 Å². The van der Waals surface area contributed by atoms with Crippen molar-refractivity contribution in [1.82, 2.24) is 5.32 Å². The number of hydrogen-bond donors (Lipinski definition) is 1. The SMILES string of the molecule is CC1CCC(CNCc2cc(Cl)c3c(c2)OCO3)C1. The molecule has 104 valence electrons. The molecular formula is C15H20ClNO2. The van der Waals surface area contributed by atoms with Crippen LogP contribution >= 0.6 is 11.6 Å². The maximum atomic E-state index is 6.17. The van der Waals surface area contributed by atoms with Gasteiger partial charge < -0.3 is 14.8 Å². The molecule has 0 radical (unpaired) electrons. The zero-order chi connectivity index (χ0) is 13.2. The quantitative estimate of drug-likeness (QED) is 0.915. The Hall–Kier alpha value is -0.930. The Balaban J connectivity index is 1.54. The number of rotatable bonds is 4. The molecule has 1 aromatic carbocycles. The lowest BCUT2D eigenvalue weighted by atomic mass is 10.1. The van der Waals surface area contributed by atoms with Crippen molar-refractivity contribution in [2.45, 2.75) is 32.7 Å². The van der Waals surface area contributed by atoms with E-state index in [4.69, 9.17) is 21.1 Å². The fourth-order valence-electron chi connectivity index (χ4n) is 3.05. The van der Waals surface area contributed by atoms with Gasteiger partial charge in [-0.3, -0.25) is 0 Å². The molecule has 1 aliphatic heterocycles. The molecule has 1 N–H and O–H groups in total. The second-order valence-corrected chi connectivity index (χ2v) is 6.13. The summed E-state index contributed by atoms with van der Waals surface area (Å²) in [4.78, 5) is 0. The molecule has 4 heteroatoms. The first-order valence-electron chi connectivity index (χ1n) is 7.01. The first-order valence-corrected chi connectivity index (χ1v) is 7.39. The Morgan fingerprint density at radius 1 is 1.32 bits per heavy atom. The van der Waals surface area contributed by atoms with Crippen molar-refractivity contribution in [2.75, 3.05) is 13.3 Å². The number of halogens is 1. The minimum atomic E-state index is 0.270. The third kappa shape index (κ3) is 2.98.